The van der Waals surface area contributed by atoms with Crippen LogP contribution >= 0.6 is 0 Å². The van der Waals surface area contributed by atoms with Gasteiger partial charge in [-0.25, -0.2) is 0 Å². The van der Waals surface area contributed by atoms with Crippen molar-refractivity contribution in [2.75, 3.05) is 14.1 Å². The van der Waals surface area contributed by atoms with Crippen molar-refractivity contribution >= 4 is 0 Å². The summed E-state index contributed by atoms with van der Waals surface area (Å²) in [6, 6.07) is 7.93. The Hall–Kier alpha value is -1.88. The molecule has 0 N–H and O–H groups in total. The molecule has 2 aromatic rings. The summed E-state index contributed by atoms with van der Waals surface area (Å²) in [7, 11) is 4.08. The van der Waals surface area contributed by atoms with Crippen LogP contribution in [0.15, 0.2) is 28.8 Å². The van der Waals surface area contributed by atoms with Crippen LogP contribution < -0.4 is 4.74 Å². The molecule has 17 heavy (non-hydrogen) atoms. The van der Waals surface area contributed by atoms with Crippen molar-refractivity contribution in [1.82, 2.24) is 15.0 Å². The van der Waals surface area contributed by atoms with Crippen molar-refractivity contribution in [3.8, 4) is 5.75 Å². The van der Waals surface area contributed by atoms with Crippen LogP contribution in [0.25, 0.3) is 0 Å². The van der Waals surface area contributed by atoms with E-state index in [4.69, 9.17) is 9.26 Å². The lowest BCUT2D eigenvalue weighted by molar-refractivity contribution is 0.242. The number of hydrogen-bond acceptors (Lipinski definition) is 5. The van der Waals surface area contributed by atoms with Crippen LogP contribution in [0, 0.1) is 6.33 Å². The highest BCUT2D eigenvalue weighted by atomic mass is 16.5. The van der Waals surface area contributed by atoms with Gasteiger partial charge in [-0.05, 0) is 31.8 Å². The van der Waals surface area contributed by atoms with Crippen LogP contribution in [0.4, 0.5) is 0 Å². The molecule has 5 heteroatoms. The fourth-order valence-corrected chi connectivity index (χ4v) is 1.43. The number of nitrogens with zero attached hydrogens (tertiary/aromatic N) is 3. The van der Waals surface area contributed by atoms with Crippen LogP contribution in [0.3, 0.4) is 0 Å². The molecule has 0 bridgehead atoms. The van der Waals surface area contributed by atoms with Crippen LogP contribution in [-0.4, -0.2) is 29.1 Å². The second-order valence-corrected chi connectivity index (χ2v) is 3.96. The van der Waals surface area contributed by atoms with Crippen molar-refractivity contribution in [2.45, 2.75) is 13.2 Å². The minimum Gasteiger partial charge on any atom is -0.484 e. The number of benzene rings is 1. The lowest BCUT2D eigenvalue weighted by atomic mass is 10.2. The topological polar surface area (TPSA) is 51.4 Å². The number of hydrogen-bond donors (Lipinski definition) is 0. The average molecular weight is 232 g/mol. The zero-order valence-electron chi connectivity index (χ0n) is 9.88. The predicted octanol–water partition coefficient (Wildman–Crippen LogP) is 1.51. The highest BCUT2D eigenvalue weighted by Gasteiger charge is 2.01. The molecule has 2 rings (SSSR count). The molecule has 0 unspecified atom stereocenters. The summed E-state index contributed by atoms with van der Waals surface area (Å²) >= 11 is 0. The van der Waals surface area contributed by atoms with Gasteiger partial charge in [0.25, 0.3) is 5.89 Å². The Morgan fingerprint density at radius 3 is 2.65 bits per heavy atom. The maximum Gasteiger partial charge on any atom is 0.264 e. The average Bonchev–Trinajstić information content (AvgIpc) is 2.80. The third-order valence-corrected chi connectivity index (χ3v) is 2.15. The minimum atomic E-state index is 0.267. The van der Waals surface area contributed by atoms with Gasteiger partial charge in [0.05, 0.1) is 0 Å². The maximum atomic E-state index is 5.48. The van der Waals surface area contributed by atoms with E-state index in [-0.39, 0.29) is 6.61 Å². The van der Waals surface area contributed by atoms with Crippen LogP contribution in [-0.2, 0) is 13.2 Å². The zero-order valence-corrected chi connectivity index (χ0v) is 9.88. The van der Waals surface area contributed by atoms with Gasteiger partial charge >= 0.3 is 0 Å². The van der Waals surface area contributed by atoms with Gasteiger partial charge in [0, 0.05) is 6.54 Å². The molecular formula is C12H14N3O2. The van der Waals surface area contributed by atoms with E-state index in [0.717, 1.165) is 12.3 Å². The fraction of sp³-hybridized carbons (Fsp3) is 0.333. The predicted molar refractivity (Wildman–Crippen MR) is 61.3 cm³/mol. The van der Waals surface area contributed by atoms with E-state index >= 15 is 0 Å². The zero-order chi connectivity index (χ0) is 12.1. The lowest BCUT2D eigenvalue weighted by Gasteiger charge is -2.10. The first-order valence-corrected chi connectivity index (χ1v) is 5.29. The number of ether oxygens (including phenoxy) is 1. The van der Waals surface area contributed by atoms with Gasteiger partial charge in [0.2, 0.25) is 6.33 Å². The fourth-order valence-electron chi connectivity index (χ4n) is 1.43. The van der Waals surface area contributed by atoms with Crippen molar-refractivity contribution in [1.29, 1.82) is 0 Å². The molecule has 5 nitrogen and oxygen atoms in total. The molecule has 89 valence electrons. The standard InChI is InChI=1S/C12H14N3O2/c1-15(2)7-10-3-5-11(6-4-10)16-8-12-13-9-14-17-12/h3-6H,7-8H2,1-2H3. The Morgan fingerprint density at radius 1 is 1.29 bits per heavy atom. The quantitative estimate of drug-likeness (QED) is 0.782. The van der Waals surface area contributed by atoms with Gasteiger partial charge in [-0.15, -0.1) is 0 Å². The molecule has 1 radical (unpaired) electrons. The Balaban J connectivity index is 1.89. The Bertz CT molecular complexity index is 437. The largest absolute Gasteiger partial charge is 0.484 e. The summed E-state index contributed by atoms with van der Waals surface area (Å²) in [4.78, 5) is 5.87. The Labute approximate surface area is 100 Å². The highest BCUT2D eigenvalue weighted by molar-refractivity contribution is 5.27. The summed E-state index contributed by atoms with van der Waals surface area (Å²) in [5.41, 5.74) is 1.24. The summed E-state index contributed by atoms with van der Waals surface area (Å²) in [6.45, 7) is 1.18. The molecule has 0 atom stereocenters. The summed E-state index contributed by atoms with van der Waals surface area (Å²) in [5, 5.41) is 3.38. The van der Waals surface area contributed by atoms with Gasteiger partial charge in [-0.1, -0.05) is 17.3 Å². The second-order valence-electron chi connectivity index (χ2n) is 3.96. The first kappa shape index (κ1) is 11.6. The molecule has 0 fully saturated rings. The van der Waals surface area contributed by atoms with Gasteiger partial charge in [0.15, 0.2) is 6.61 Å². The molecule has 0 spiro atoms. The molecule has 0 saturated carbocycles. The van der Waals surface area contributed by atoms with Gasteiger partial charge in [-0.3, -0.25) is 0 Å². The Kier molecular flexibility index (Phi) is 3.72. The van der Waals surface area contributed by atoms with Crippen molar-refractivity contribution in [2.24, 2.45) is 0 Å². The molecule has 0 amide bonds. The van der Waals surface area contributed by atoms with Gasteiger partial charge in [-0.2, -0.15) is 4.98 Å². The van der Waals surface area contributed by atoms with E-state index in [9.17, 15) is 0 Å². The van der Waals surface area contributed by atoms with E-state index in [2.05, 4.69) is 21.4 Å². The normalized spacial score (nSPS) is 10.8. The Morgan fingerprint density at radius 2 is 2.06 bits per heavy atom. The molecule has 0 aliphatic heterocycles. The summed E-state index contributed by atoms with van der Waals surface area (Å²) in [6.07, 6.45) is 2.34. The van der Waals surface area contributed by atoms with Crippen molar-refractivity contribution < 1.29 is 9.26 Å². The van der Waals surface area contributed by atoms with E-state index in [1.165, 1.54) is 5.56 Å². The van der Waals surface area contributed by atoms with Crippen LogP contribution in [0.2, 0.25) is 0 Å². The molecule has 0 aliphatic rings. The van der Waals surface area contributed by atoms with E-state index in [0.29, 0.717) is 5.89 Å². The monoisotopic (exact) mass is 232 g/mol. The number of aromatic nitrogens is 2. The van der Waals surface area contributed by atoms with Crippen LogP contribution in [0.1, 0.15) is 11.5 Å². The minimum absolute atomic E-state index is 0.267. The molecule has 0 aliphatic carbocycles. The van der Waals surface area contributed by atoms with E-state index < -0.39 is 0 Å². The number of rotatable bonds is 5. The third-order valence-electron chi connectivity index (χ3n) is 2.15. The first-order valence-electron chi connectivity index (χ1n) is 5.29. The molecular weight excluding hydrogens is 218 g/mol. The molecule has 1 heterocycles. The van der Waals surface area contributed by atoms with Crippen LogP contribution in [0.5, 0.6) is 5.75 Å². The smallest absolute Gasteiger partial charge is 0.264 e. The van der Waals surface area contributed by atoms with E-state index in [1.807, 2.05) is 38.4 Å². The first-order chi connectivity index (χ1) is 8.24. The lowest BCUT2D eigenvalue weighted by Crippen LogP contribution is -2.10. The summed E-state index contributed by atoms with van der Waals surface area (Å²) in [5.74, 6) is 1.20. The van der Waals surface area contributed by atoms with Gasteiger partial charge < -0.3 is 14.2 Å². The second kappa shape index (κ2) is 5.45. The van der Waals surface area contributed by atoms with Crippen molar-refractivity contribution in [3.63, 3.8) is 0 Å². The van der Waals surface area contributed by atoms with E-state index in [1.54, 1.807) is 0 Å². The molecule has 1 aromatic heterocycles. The SMILES string of the molecule is CN(C)Cc1ccc(OCc2n[c]no2)cc1. The summed E-state index contributed by atoms with van der Waals surface area (Å²) < 4.78 is 10.3. The maximum absolute atomic E-state index is 5.48. The molecule has 1 aromatic carbocycles. The highest BCUT2D eigenvalue weighted by Crippen LogP contribution is 2.14. The van der Waals surface area contributed by atoms with Crippen molar-refractivity contribution in [3.05, 3.63) is 42.0 Å². The van der Waals surface area contributed by atoms with Gasteiger partial charge in [0.1, 0.15) is 5.75 Å². The third kappa shape index (κ3) is 3.57. The molecule has 0 saturated heterocycles.